The highest BCUT2D eigenvalue weighted by Gasteiger charge is 2.26. The second kappa shape index (κ2) is 7.09. The summed E-state index contributed by atoms with van der Waals surface area (Å²) >= 11 is 1.78. The molecule has 0 amide bonds. The number of ether oxygens (including phenoxy) is 1. The van der Waals surface area contributed by atoms with Crippen LogP contribution in [0.15, 0.2) is 28.0 Å². The average molecular weight is 333 g/mol. The Kier molecular flexibility index (Phi) is 4.71. The van der Waals surface area contributed by atoms with Crippen molar-refractivity contribution in [2.45, 2.75) is 62.2 Å². The molecule has 1 unspecified atom stereocenters. The summed E-state index contributed by atoms with van der Waals surface area (Å²) in [5.74, 6) is 2.65. The molecule has 0 N–H and O–H groups in total. The molecule has 1 aliphatic carbocycles. The molecule has 4 rings (SSSR count). The van der Waals surface area contributed by atoms with Gasteiger partial charge < -0.3 is 9.15 Å². The number of aromatic nitrogens is 3. The molecule has 3 heterocycles. The monoisotopic (exact) mass is 333 g/mol. The van der Waals surface area contributed by atoms with Crippen LogP contribution in [-0.4, -0.2) is 33.2 Å². The first-order chi connectivity index (χ1) is 11.4. The van der Waals surface area contributed by atoms with Crippen molar-refractivity contribution in [3.8, 4) is 11.6 Å². The van der Waals surface area contributed by atoms with Gasteiger partial charge in [0.05, 0.1) is 12.4 Å². The van der Waals surface area contributed by atoms with Crippen LogP contribution in [-0.2, 0) is 4.74 Å². The molecule has 6 heteroatoms. The van der Waals surface area contributed by atoms with Crippen LogP contribution in [0.25, 0.3) is 11.6 Å². The minimum absolute atomic E-state index is 0.364. The van der Waals surface area contributed by atoms with Crippen LogP contribution in [0.2, 0.25) is 0 Å². The van der Waals surface area contributed by atoms with Crippen molar-refractivity contribution in [3.05, 3.63) is 18.4 Å². The van der Waals surface area contributed by atoms with Crippen molar-refractivity contribution < 1.29 is 9.15 Å². The van der Waals surface area contributed by atoms with Crippen LogP contribution >= 0.6 is 11.8 Å². The minimum atomic E-state index is 0.364. The summed E-state index contributed by atoms with van der Waals surface area (Å²) in [4.78, 5) is 0. The molecule has 1 saturated carbocycles. The molecule has 5 nitrogen and oxygen atoms in total. The third-order valence-corrected chi connectivity index (χ3v) is 5.84. The Morgan fingerprint density at radius 2 is 2.04 bits per heavy atom. The van der Waals surface area contributed by atoms with Crippen molar-refractivity contribution in [3.63, 3.8) is 0 Å². The molecule has 124 valence electrons. The van der Waals surface area contributed by atoms with E-state index in [1.54, 1.807) is 18.0 Å². The van der Waals surface area contributed by atoms with Gasteiger partial charge in [0, 0.05) is 18.4 Å². The fourth-order valence-electron chi connectivity index (χ4n) is 3.56. The minimum Gasteiger partial charge on any atom is -0.461 e. The normalized spacial score (nSPS) is 22.7. The number of furan rings is 1. The second-order valence-corrected chi connectivity index (χ2v) is 7.38. The van der Waals surface area contributed by atoms with E-state index in [1.807, 2.05) is 12.1 Å². The topological polar surface area (TPSA) is 53.1 Å². The summed E-state index contributed by atoms with van der Waals surface area (Å²) in [5.41, 5.74) is 0. The first kappa shape index (κ1) is 15.3. The number of hydrogen-bond acceptors (Lipinski definition) is 5. The van der Waals surface area contributed by atoms with E-state index in [1.165, 1.54) is 38.5 Å². The molecule has 2 aromatic heterocycles. The molecule has 0 radical (unpaired) electrons. The second-order valence-electron chi connectivity index (χ2n) is 6.39. The molecule has 1 atom stereocenters. The highest BCUT2D eigenvalue weighted by molar-refractivity contribution is 7.99. The van der Waals surface area contributed by atoms with Gasteiger partial charge >= 0.3 is 0 Å². The van der Waals surface area contributed by atoms with E-state index in [2.05, 4.69) is 14.8 Å². The van der Waals surface area contributed by atoms with Gasteiger partial charge in [-0.05, 0) is 37.8 Å². The van der Waals surface area contributed by atoms with Gasteiger partial charge in [0.15, 0.2) is 10.9 Å². The molecule has 2 aliphatic rings. The lowest BCUT2D eigenvalue weighted by Crippen LogP contribution is -2.16. The lowest BCUT2D eigenvalue weighted by atomic mass is 9.95. The summed E-state index contributed by atoms with van der Waals surface area (Å²) in [6.45, 7) is 0.901. The molecule has 0 aromatic carbocycles. The largest absolute Gasteiger partial charge is 0.461 e. The Bertz CT molecular complexity index is 614. The zero-order valence-corrected chi connectivity index (χ0v) is 14.1. The highest BCUT2D eigenvalue weighted by Crippen LogP contribution is 2.36. The van der Waals surface area contributed by atoms with Gasteiger partial charge in [-0.25, -0.2) is 0 Å². The molecular formula is C17H23N3O2S. The summed E-state index contributed by atoms with van der Waals surface area (Å²) in [7, 11) is 0. The molecule has 0 bridgehead atoms. The molecule has 0 spiro atoms. The van der Waals surface area contributed by atoms with E-state index >= 15 is 0 Å². The molecule has 2 fully saturated rings. The zero-order chi connectivity index (χ0) is 15.5. The Morgan fingerprint density at radius 1 is 1.13 bits per heavy atom. The summed E-state index contributed by atoms with van der Waals surface area (Å²) in [6.07, 6.45) is 10.7. The lowest BCUT2D eigenvalue weighted by molar-refractivity contribution is 0.129. The third kappa shape index (κ3) is 3.33. The molecular weight excluding hydrogens is 310 g/mol. The van der Waals surface area contributed by atoms with Crippen molar-refractivity contribution in [1.82, 2.24) is 14.8 Å². The maximum absolute atomic E-state index is 5.74. The number of hydrogen-bond donors (Lipinski definition) is 0. The van der Waals surface area contributed by atoms with E-state index in [9.17, 15) is 0 Å². The number of nitrogens with zero attached hydrogens (tertiary/aromatic N) is 3. The van der Waals surface area contributed by atoms with Gasteiger partial charge in [0.2, 0.25) is 5.82 Å². The van der Waals surface area contributed by atoms with Crippen molar-refractivity contribution in [2.75, 3.05) is 12.4 Å². The van der Waals surface area contributed by atoms with Gasteiger partial charge in [-0.1, -0.05) is 31.0 Å². The Morgan fingerprint density at radius 3 is 2.78 bits per heavy atom. The Hall–Kier alpha value is -1.27. The van der Waals surface area contributed by atoms with Crippen molar-refractivity contribution in [1.29, 1.82) is 0 Å². The van der Waals surface area contributed by atoms with Crippen LogP contribution in [0, 0.1) is 0 Å². The first-order valence-corrected chi connectivity index (χ1v) is 9.63. The van der Waals surface area contributed by atoms with Crippen LogP contribution in [0.1, 0.15) is 51.0 Å². The van der Waals surface area contributed by atoms with E-state index < -0.39 is 0 Å². The quantitative estimate of drug-likeness (QED) is 0.763. The van der Waals surface area contributed by atoms with E-state index in [0.717, 1.165) is 35.5 Å². The van der Waals surface area contributed by atoms with E-state index in [0.29, 0.717) is 12.1 Å². The summed E-state index contributed by atoms with van der Waals surface area (Å²) < 4.78 is 13.6. The number of rotatable bonds is 5. The van der Waals surface area contributed by atoms with Crippen LogP contribution in [0.5, 0.6) is 0 Å². The van der Waals surface area contributed by atoms with Gasteiger partial charge in [-0.2, -0.15) is 0 Å². The van der Waals surface area contributed by atoms with Crippen molar-refractivity contribution >= 4 is 11.8 Å². The van der Waals surface area contributed by atoms with Crippen LogP contribution < -0.4 is 0 Å². The Balaban J connectivity index is 1.59. The predicted octanol–water partition coefficient (Wildman–Crippen LogP) is 4.31. The van der Waals surface area contributed by atoms with Crippen LogP contribution in [0.4, 0.5) is 0 Å². The van der Waals surface area contributed by atoms with Crippen LogP contribution in [0.3, 0.4) is 0 Å². The molecule has 1 saturated heterocycles. The van der Waals surface area contributed by atoms with Gasteiger partial charge in [0.25, 0.3) is 0 Å². The van der Waals surface area contributed by atoms with Gasteiger partial charge in [-0.15, -0.1) is 10.2 Å². The lowest BCUT2D eigenvalue weighted by Gasteiger charge is -2.25. The van der Waals surface area contributed by atoms with Gasteiger partial charge in [-0.3, -0.25) is 4.57 Å². The summed E-state index contributed by atoms with van der Waals surface area (Å²) in [6, 6.07) is 4.37. The fraction of sp³-hybridized carbons (Fsp3) is 0.647. The standard InChI is InChI=1S/C17H23N3O2S/c1-2-6-13(7-3-1)20-16(15-9-5-11-22-15)18-19-17(20)23-12-14-8-4-10-21-14/h5,9,11,13-14H,1-4,6-8,10,12H2. The smallest absolute Gasteiger partial charge is 0.200 e. The van der Waals surface area contributed by atoms with E-state index in [4.69, 9.17) is 9.15 Å². The zero-order valence-electron chi connectivity index (χ0n) is 13.3. The molecule has 23 heavy (non-hydrogen) atoms. The predicted molar refractivity (Wildman–Crippen MR) is 89.5 cm³/mol. The first-order valence-electron chi connectivity index (χ1n) is 8.65. The average Bonchev–Trinajstić information content (AvgIpc) is 3.33. The molecule has 1 aliphatic heterocycles. The number of thioether (sulfide) groups is 1. The summed E-state index contributed by atoms with van der Waals surface area (Å²) in [5, 5.41) is 9.92. The third-order valence-electron chi connectivity index (χ3n) is 4.77. The fourth-order valence-corrected chi connectivity index (χ4v) is 4.63. The molecule has 2 aromatic rings. The van der Waals surface area contributed by atoms with E-state index in [-0.39, 0.29) is 0 Å². The Labute approximate surface area is 140 Å². The van der Waals surface area contributed by atoms with Gasteiger partial charge in [0.1, 0.15) is 0 Å². The maximum Gasteiger partial charge on any atom is 0.200 e. The maximum atomic E-state index is 5.74. The van der Waals surface area contributed by atoms with Crippen molar-refractivity contribution in [2.24, 2.45) is 0 Å². The SMILES string of the molecule is c1coc(-c2nnc(SCC3CCCO3)n2C2CCCCC2)c1. The highest BCUT2D eigenvalue weighted by atomic mass is 32.2.